The molecule has 0 spiro atoms. The quantitative estimate of drug-likeness (QED) is 0.726. The van der Waals surface area contributed by atoms with Crippen LogP contribution in [0.15, 0.2) is 30.3 Å². The summed E-state index contributed by atoms with van der Waals surface area (Å²) in [7, 11) is 0. The monoisotopic (exact) mass is 256 g/mol. The molecular formula is C10H16Sn. The zero-order valence-electron chi connectivity index (χ0n) is 7.38. The molecule has 0 aliphatic heterocycles. The van der Waals surface area contributed by atoms with Gasteiger partial charge in [0, 0.05) is 0 Å². The average Bonchev–Trinajstić information content (AvgIpc) is 2.09. The van der Waals surface area contributed by atoms with E-state index in [-0.39, 0.29) is 0 Å². The van der Waals surface area contributed by atoms with E-state index in [4.69, 9.17) is 0 Å². The molecule has 0 amide bonds. The Bertz CT molecular complexity index is 189. The van der Waals surface area contributed by atoms with Gasteiger partial charge >= 0.3 is 76.4 Å². The number of hydrogen-bond donors (Lipinski definition) is 0. The molecule has 0 saturated heterocycles. The van der Waals surface area contributed by atoms with Crippen molar-refractivity contribution in [3.63, 3.8) is 0 Å². The Labute approximate surface area is 76.4 Å². The second kappa shape index (κ2) is 4.81. The van der Waals surface area contributed by atoms with Crippen LogP contribution >= 0.6 is 0 Å². The van der Waals surface area contributed by atoms with Crippen LogP contribution in [-0.4, -0.2) is 19.8 Å². The van der Waals surface area contributed by atoms with Gasteiger partial charge in [-0.15, -0.1) is 0 Å². The van der Waals surface area contributed by atoms with Crippen LogP contribution in [0.2, 0.25) is 8.87 Å². The Balaban J connectivity index is 2.74. The van der Waals surface area contributed by atoms with Crippen molar-refractivity contribution in [1.29, 1.82) is 0 Å². The van der Waals surface area contributed by atoms with Gasteiger partial charge in [-0.25, -0.2) is 0 Å². The fourth-order valence-corrected chi connectivity index (χ4v) is 8.01. The third kappa shape index (κ3) is 2.51. The van der Waals surface area contributed by atoms with Crippen LogP contribution in [-0.2, 0) is 0 Å². The zero-order chi connectivity index (χ0) is 8.10. The molecule has 0 bridgehead atoms. The van der Waals surface area contributed by atoms with Gasteiger partial charge in [0.2, 0.25) is 0 Å². The number of benzene rings is 1. The Kier molecular flexibility index (Phi) is 3.98. The maximum absolute atomic E-state index is 2.34. The summed E-state index contributed by atoms with van der Waals surface area (Å²) in [6, 6.07) is 11.1. The SMILES string of the molecule is C[CH2][SnH]([CH2]C)[c]1ccccc1. The van der Waals surface area contributed by atoms with Gasteiger partial charge in [-0.1, -0.05) is 0 Å². The van der Waals surface area contributed by atoms with Crippen LogP contribution < -0.4 is 3.58 Å². The van der Waals surface area contributed by atoms with E-state index in [1.807, 2.05) is 0 Å². The van der Waals surface area contributed by atoms with Gasteiger partial charge in [0.1, 0.15) is 0 Å². The first-order valence-electron chi connectivity index (χ1n) is 4.43. The van der Waals surface area contributed by atoms with E-state index in [0.29, 0.717) is 0 Å². The molecule has 0 heterocycles. The fraction of sp³-hybridized carbons (Fsp3) is 0.400. The molecule has 0 unspecified atom stereocenters. The molecule has 1 rings (SSSR count). The second-order valence-corrected chi connectivity index (χ2v) is 13.5. The van der Waals surface area contributed by atoms with E-state index in [1.165, 1.54) is 8.87 Å². The summed E-state index contributed by atoms with van der Waals surface area (Å²) in [5.74, 6) is 0. The van der Waals surface area contributed by atoms with Gasteiger partial charge < -0.3 is 0 Å². The predicted molar refractivity (Wildman–Crippen MR) is 54.2 cm³/mol. The predicted octanol–water partition coefficient (Wildman–Crippen LogP) is 2.16. The molecule has 0 aromatic heterocycles. The third-order valence-electron chi connectivity index (χ3n) is 2.26. The molecule has 11 heavy (non-hydrogen) atoms. The normalized spacial score (nSPS) is 10.5. The van der Waals surface area contributed by atoms with Crippen LogP contribution in [0.25, 0.3) is 0 Å². The van der Waals surface area contributed by atoms with Gasteiger partial charge in [0.05, 0.1) is 0 Å². The summed E-state index contributed by atoms with van der Waals surface area (Å²) >= 11 is -1.22. The van der Waals surface area contributed by atoms with E-state index >= 15 is 0 Å². The molecule has 0 fully saturated rings. The van der Waals surface area contributed by atoms with E-state index in [2.05, 4.69) is 44.2 Å². The van der Waals surface area contributed by atoms with E-state index in [1.54, 1.807) is 3.58 Å². The average molecular weight is 255 g/mol. The minimum absolute atomic E-state index is 1.22. The summed E-state index contributed by atoms with van der Waals surface area (Å²) in [6.07, 6.45) is 0. The molecule has 0 N–H and O–H groups in total. The van der Waals surface area contributed by atoms with Crippen molar-refractivity contribution in [2.45, 2.75) is 22.7 Å². The van der Waals surface area contributed by atoms with Crippen LogP contribution in [0.3, 0.4) is 0 Å². The topological polar surface area (TPSA) is 0 Å². The van der Waals surface area contributed by atoms with Gasteiger partial charge in [-0.2, -0.15) is 0 Å². The van der Waals surface area contributed by atoms with E-state index in [9.17, 15) is 0 Å². The van der Waals surface area contributed by atoms with Crippen molar-refractivity contribution in [3.8, 4) is 0 Å². The van der Waals surface area contributed by atoms with Gasteiger partial charge in [-0.3, -0.25) is 0 Å². The van der Waals surface area contributed by atoms with Crippen molar-refractivity contribution in [3.05, 3.63) is 30.3 Å². The van der Waals surface area contributed by atoms with Crippen molar-refractivity contribution < 1.29 is 0 Å². The summed E-state index contributed by atoms with van der Waals surface area (Å²) in [5.41, 5.74) is 0. The zero-order valence-corrected chi connectivity index (χ0v) is 10.7. The van der Waals surface area contributed by atoms with Crippen molar-refractivity contribution >= 4 is 23.3 Å². The molecule has 1 heteroatoms. The summed E-state index contributed by atoms with van der Waals surface area (Å²) < 4.78 is 4.61. The van der Waals surface area contributed by atoms with Crippen LogP contribution in [0, 0.1) is 0 Å². The van der Waals surface area contributed by atoms with Crippen LogP contribution in [0.5, 0.6) is 0 Å². The van der Waals surface area contributed by atoms with Crippen LogP contribution in [0.4, 0.5) is 0 Å². The number of hydrogen-bond acceptors (Lipinski definition) is 0. The standard InChI is InChI=1S/C6H5.2C2H5.Sn.H/c1-2-4-6-5-3-1;2*1-2;;/h1-5H;2*1H2,2H3;;. The van der Waals surface area contributed by atoms with E-state index in [0.717, 1.165) is 0 Å². The molecule has 0 radical (unpaired) electrons. The summed E-state index contributed by atoms with van der Waals surface area (Å²) in [6.45, 7) is 4.69. The van der Waals surface area contributed by atoms with E-state index < -0.39 is 19.8 Å². The number of rotatable bonds is 3. The van der Waals surface area contributed by atoms with Crippen molar-refractivity contribution in [1.82, 2.24) is 0 Å². The fourth-order valence-electron chi connectivity index (χ4n) is 1.49. The van der Waals surface area contributed by atoms with Crippen molar-refractivity contribution in [2.75, 3.05) is 0 Å². The third-order valence-corrected chi connectivity index (χ3v) is 11.7. The van der Waals surface area contributed by atoms with Gasteiger partial charge in [0.25, 0.3) is 0 Å². The van der Waals surface area contributed by atoms with Crippen molar-refractivity contribution in [2.24, 2.45) is 0 Å². The molecular weight excluding hydrogens is 239 g/mol. The van der Waals surface area contributed by atoms with Gasteiger partial charge in [0.15, 0.2) is 0 Å². The summed E-state index contributed by atoms with van der Waals surface area (Å²) in [5, 5.41) is 0. The Morgan fingerprint density at radius 2 is 1.55 bits per heavy atom. The first-order chi connectivity index (χ1) is 5.38. The molecule has 0 aliphatic carbocycles. The van der Waals surface area contributed by atoms with Gasteiger partial charge in [-0.05, 0) is 0 Å². The first kappa shape index (κ1) is 9.11. The minimum atomic E-state index is -1.22. The Morgan fingerprint density at radius 1 is 1.00 bits per heavy atom. The molecule has 0 aliphatic rings. The Hall–Kier alpha value is 0.0187. The second-order valence-electron chi connectivity index (χ2n) is 2.92. The maximum atomic E-state index is 2.34. The first-order valence-corrected chi connectivity index (χ1v) is 10.7. The molecule has 1 aromatic rings. The van der Waals surface area contributed by atoms with Crippen LogP contribution in [0.1, 0.15) is 13.8 Å². The molecule has 0 atom stereocenters. The molecule has 0 saturated carbocycles. The molecule has 0 nitrogen and oxygen atoms in total. The molecule has 60 valence electrons. The summed E-state index contributed by atoms with van der Waals surface area (Å²) in [4.78, 5) is 0. The molecule has 1 aromatic carbocycles. The Morgan fingerprint density at radius 3 is 2.00 bits per heavy atom.